The molecule has 2 rings (SSSR count). The molecule has 1 fully saturated rings. The molecular weight excluding hydrogens is 323 g/mol. The Hall–Kier alpha value is -2.25. The van der Waals surface area contributed by atoms with Crippen molar-refractivity contribution in [2.45, 2.75) is 38.4 Å². The maximum absolute atomic E-state index is 13.0. The van der Waals surface area contributed by atoms with Gasteiger partial charge < -0.3 is 16.4 Å². The summed E-state index contributed by atoms with van der Waals surface area (Å²) in [6, 6.07) is 5.84. The highest BCUT2D eigenvalue weighted by Crippen LogP contribution is 2.41. The summed E-state index contributed by atoms with van der Waals surface area (Å²) in [5.41, 5.74) is 6.21. The summed E-state index contributed by atoms with van der Waals surface area (Å²) >= 11 is 0. The highest BCUT2D eigenvalue weighted by atomic mass is 19.4. The van der Waals surface area contributed by atoms with E-state index in [1.807, 2.05) is 0 Å². The van der Waals surface area contributed by atoms with Crippen molar-refractivity contribution in [2.75, 3.05) is 5.32 Å². The van der Waals surface area contributed by atoms with E-state index in [1.165, 1.54) is 0 Å². The van der Waals surface area contributed by atoms with E-state index in [4.69, 9.17) is 5.73 Å². The maximum atomic E-state index is 13.0. The van der Waals surface area contributed by atoms with Crippen molar-refractivity contribution >= 4 is 17.6 Å². The van der Waals surface area contributed by atoms with Gasteiger partial charge in [-0.1, -0.05) is 25.0 Å². The molecule has 0 heterocycles. The number of halogens is 3. The minimum absolute atomic E-state index is 0.00900. The molecule has 8 heteroatoms. The number of anilines is 1. The highest BCUT2D eigenvalue weighted by molar-refractivity contribution is 5.87. The second kappa shape index (κ2) is 7.55. The minimum Gasteiger partial charge on any atom is -0.352 e. The van der Waals surface area contributed by atoms with Gasteiger partial charge in [0, 0.05) is 18.2 Å². The molecule has 5 nitrogen and oxygen atoms in total. The van der Waals surface area contributed by atoms with Crippen molar-refractivity contribution in [1.82, 2.24) is 5.32 Å². The monoisotopic (exact) mass is 343 g/mol. The Morgan fingerprint density at radius 1 is 1.12 bits per heavy atom. The van der Waals surface area contributed by atoms with E-state index >= 15 is 0 Å². The number of nitrogens with one attached hydrogen (secondary N) is 2. The third-order valence-electron chi connectivity index (χ3n) is 4.21. The number of nitrogens with two attached hydrogens (primary N) is 1. The summed E-state index contributed by atoms with van der Waals surface area (Å²) in [5, 5.41) is 4.98. The number of primary amides is 1. The van der Waals surface area contributed by atoms with Gasteiger partial charge in [-0.15, -0.1) is 0 Å². The Morgan fingerprint density at radius 2 is 1.75 bits per heavy atom. The Kier molecular flexibility index (Phi) is 5.69. The van der Waals surface area contributed by atoms with E-state index in [-0.39, 0.29) is 19.4 Å². The van der Waals surface area contributed by atoms with Crippen molar-refractivity contribution in [3.63, 3.8) is 0 Å². The number of rotatable bonds is 4. The summed E-state index contributed by atoms with van der Waals surface area (Å²) in [6.45, 7) is 0.136. The molecule has 0 spiro atoms. The van der Waals surface area contributed by atoms with E-state index < -0.39 is 30.0 Å². The summed E-state index contributed by atoms with van der Waals surface area (Å²) in [4.78, 5) is 22.9. The Bertz CT molecular complexity index is 587. The highest BCUT2D eigenvalue weighted by Gasteiger charge is 2.47. The molecular formula is C16H20F3N3O2. The first-order chi connectivity index (χ1) is 11.3. The molecule has 4 N–H and O–H groups in total. The number of carbonyl (C=O) groups excluding carboxylic acids is 2. The van der Waals surface area contributed by atoms with Gasteiger partial charge in [0.25, 0.3) is 0 Å². The molecule has 0 saturated heterocycles. The predicted molar refractivity (Wildman–Crippen MR) is 83.0 cm³/mol. The summed E-state index contributed by atoms with van der Waals surface area (Å²) < 4.78 is 39.1. The van der Waals surface area contributed by atoms with Crippen LogP contribution >= 0.6 is 0 Å². The van der Waals surface area contributed by atoms with Gasteiger partial charge in [0.05, 0.1) is 5.92 Å². The number of amides is 3. The lowest BCUT2D eigenvalue weighted by Gasteiger charge is -2.32. The summed E-state index contributed by atoms with van der Waals surface area (Å²) in [7, 11) is 0. The van der Waals surface area contributed by atoms with Crippen molar-refractivity contribution in [1.29, 1.82) is 0 Å². The first-order valence-corrected chi connectivity index (χ1v) is 7.77. The molecule has 1 aromatic carbocycles. The van der Waals surface area contributed by atoms with Crippen molar-refractivity contribution in [3.8, 4) is 0 Å². The molecule has 3 amide bonds. The SMILES string of the molecule is NC(=O)Nc1ccc(CNC(=O)[C@H]2CCCC[C@H]2C(F)(F)F)cc1. The lowest BCUT2D eigenvalue weighted by atomic mass is 9.78. The van der Waals surface area contributed by atoms with E-state index in [0.717, 1.165) is 5.56 Å². The van der Waals surface area contributed by atoms with E-state index in [1.54, 1.807) is 24.3 Å². The lowest BCUT2D eigenvalue weighted by molar-refractivity contribution is -0.198. The molecule has 0 radical (unpaired) electrons. The summed E-state index contributed by atoms with van der Waals surface area (Å²) in [6.07, 6.45) is -2.93. The molecule has 0 bridgehead atoms. The van der Waals surface area contributed by atoms with Crippen LogP contribution in [-0.2, 0) is 11.3 Å². The molecule has 1 aromatic rings. The number of alkyl halides is 3. The van der Waals surface area contributed by atoms with Crippen LogP contribution in [0, 0.1) is 11.8 Å². The van der Waals surface area contributed by atoms with Crippen LogP contribution in [0.4, 0.5) is 23.7 Å². The molecule has 24 heavy (non-hydrogen) atoms. The molecule has 0 aliphatic heterocycles. The maximum Gasteiger partial charge on any atom is 0.392 e. The normalized spacial score (nSPS) is 21.1. The topological polar surface area (TPSA) is 84.2 Å². The molecule has 132 valence electrons. The molecule has 2 atom stereocenters. The number of carbonyl (C=O) groups is 2. The van der Waals surface area contributed by atoms with Gasteiger partial charge in [-0.2, -0.15) is 13.2 Å². The zero-order chi connectivity index (χ0) is 17.7. The Labute approximate surface area is 137 Å². The first kappa shape index (κ1) is 18.1. The number of urea groups is 1. The lowest BCUT2D eigenvalue weighted by Crippen LogP contribution is -2.42. The van der Waals surface area contributed by atoms with E-state index in [9.17, 15) is 22.8 Å². The van der Waals surface area contributed by atoms with Crippen LogP contribution in [0.1, 0.15) is 31.2 Å². The third-order valence-corrected chi connectivity index (χ3v) is 4.21. The Morgan fingerprint density at radius 3 is 2.33 bits per heavy atom. The van der Waals surface area contributed by atoms with Crippen LogP contribution in [0.25, 0.3) is 0 Å². The number of hydrogen-bond acceptors (Lipinski definition) is 2. The standard InChI is InChI=1S/C16H20F3N3O2/c17-16(18,19)13-4-2-1-3-12(13)14(23)21-9-10-5-7-11(8-6-10)22-15(20)24/h5-8,12-13H,1-4,9H2,(H,21,23)(H3,20,22,24)/t12-,13+/m0/s1. The molecule has 0 aromatic heterocycles. The Balaban J connectivity index is 1.93. The fraction of sp³-hybridized carbons (Fsp3) is 0.500. The fourth-order valence-corrected chi connectivity index (χ4v) is 3.00. The van der Waals surface area contributed by atoms with Gasteiger partial charge in [-0.25, -0.2) is 4.79 Å². The van der Waals surface area contributed by atoms with E-state index in [2.05, 4.69) is 10.6 Å². The average Bonchev–Trinajstić information content (AvgIpc) is 2.52. The molecule has 0 unspecified atom stereocenters. The largest absolute Gasteiger partial charge is 0.392 e. The van der Waals surface area contributed by atoms with Gasteiger partial charge in [-0.05, 0) is 30.5 Å². The second-order valence-electron chi connectivity index (χ2n) is 5.94. The average molecular weight is 343 g/mol. The predicted octanol–water partition coefficient (Wildman–Crippen LogP) is 3.16. The van der Waals surface area contributed by atoms with Gasteiger partial charge in [0.2, 0.25) is 5.91 Å². The first-order valence-electron chi connectivity index (χ1n) is 7.77. The van der Waals surface area contributed by atoms with Crippen LogP contribution in [0.15, 0.2) is 24.3 Å². The van der Waals surface area contributed by atoms with Crippen molar-refractivity contribution < 1.29 is 22.8 Å². The van der Waals surface area contributed by atoms with Gasteiger partial charge in [-0.3, -0.25) is 4.79 Å². The van der Waals surface area contributed by atoms with Crippen LogP contribution in [0.2, 0.25) is 0 Å². The third kappa shape index (κ3) is 4.87. The van der Waals surface area contributed by atoms with Crippen molar-refractivity contribution in [2.24, 2.45) is 17.6 Å². The number of benzene rings is 1. The second-order valence-corrected chi connectivity index (χ2v) is 5.94. The summed E-state index contributed by atoms with van der Waals surface area (Å²) in [5.74, 6) is -3.14. The molecule has 1 aliphatic carbocycles. The minimum atomic E-state index is -4.34. The van der Waals surface area contributed by atoms with Gasteiger partial charge >= 0.3 is 12.2 Å². The molecule has 1 aliphatic rings. The quantitative estimate of drug-likeness (QED) is 0.784. The van der Waals surface area contributed by atoms with Crippen molar-refractivity contribution in [3.05, 3.63) is 29.8 Å². The smallest absolute Gasteiger partial charge is 0.352 e. The number of hydrogen-bond donors (Lipinski definition) is 3. The van der Waals surface area contributed by atoms with Crippen LogP contribution in [-0.4, -0.2) is 18.1 Å². The zero-order valence-electron chi connectivity index (χ0n) is 13.0. The fourth-order valence-electron chi connectivity index (χ4n) is 3.00. The van der Waals surface area contributed by atoms with Gasteiger partial charge in [0.15, 0.2) is 0 Å². The molecule has 1 saturated carbocycles. The zero-order valence-corrected chi connectivity index (χ0v) is 13.0. The van der Waals surface area contributed by atoms with E-state index in [0.29, 0.717) is 18.5 Å². The van der Waals surface area contributed by atoms with Gasteiger partial charge in [0.1, 0.15) is 0 Å². The van der Waals surface area contributed by atoms with Crippen LogP contribution < -0.4 is 16.4 Å². The van der Waals surface area contributed by atoms with Crippen LogP contribution in [0.3, 0.4) is 0 Å². The van der Waals surface area contributed by atoms with Crippen LogP contribution in [0.5, 0.6) is 0 Å².